The van der Waals surface area contributed by atoms with Crippen molar-refractivity contribution >= 4 is 30.0 Å². The summed E-state index contributed by atoms with van der Waals surface area (Å²) < 4.78 is 54.6. The topological polar surface area (TPSA) is 107 Å². The minimum atomic E-state index is -3.96. The van der Waals surface area contributed by atoms with Crippen molar-refractivity contribution in [2.24, 2.45) is 4.36 Å². The van der Waals surface area contributed by atoms with Crippen LogP contribution in [0.2, 0.25) is 18.1 Å². The predicted molar refractivity (Wildman–Crippen MR) is 216 cm³/mol. The van der Waals surface area contributed by atoms with Gasteiger partial charge in [-0.3, -0.25) is 0 Å². The molecular weight excluding hydrogens is 730 g/mol. The third-order valence-electron chi connectivity index (χ3n) is 11.9. The third kappa shape index (κ3) is 6.37. The Bertz CT molecular complexity index is 2280. The Morgan fingerprint density at radius 2 is 1.38 bits per heavy atom. The number of amides is 2. The number of rotatable bonds is 10. The van der Waals surface area contributed by atoms with Gasteiger partial charge in [-0.05, 0) is 89.7 Å². The molecule has 12 heteroatoms. The molecule has 55 heavy (non-hydrogen) atoms. The zero-order chi connectivity index (χ0) is 38.8. The molecular formula is C43H48FN5O4SSi. The Kier molecular flexibility index (Phi) is 9.09. The van der Waals surface area contributed by atoms with Crippen molar-refractivity contribution in [1.29, 1.82) is 0 Å². The highest BCUT2D eigenvalue weighted by Gasteiger charge is 2.46. The van der Waals surface area contributed by atoms with E-state index in [1.165, 1.54) is 6.20 Å². The number of aromatic nitrogens is 2. The van der Waals surface area contributed by atoms with E-state index in [9.17, 15) is 4.79 Å². The zero-order valence-corrected chi connectivity index (χ0v) is 34.1. The van der Waals surface area contributed by atoms with Gasteiger partial charge >= 0.3 is 6.03 Å². The van der Waals surface area contributed by atoms with Crippen LogP contribution in [-0.2, 0) is 52.1 Å². The van der Waals surface area contributed by atoms with E-state index in [1.54, 1.807) is 4.68 Å². The van der Waals surface area contributed by atoms with E-state index in [0.29, 0.717) is 55.6 Å². The number of nitrogens with one attached hydrogen (secondary N) is 2. The van der Waals surface area contributed by atoms with Crippen molar-refractivity contribution in [3.8, 4) is 5.88 Å². The monoisotopic (exact) mass is 777 g/mol. The molecule has 286 valence electrons. The highest BCUT2D eigenvalue weighted by atomic mass is 32.2. The molecule has 5 aromatic rings. The summed E-state index contributed by atoms with van der Waals surface area (Å²) in [6.07, 6.45) is 4.06. The van der Waals surface area contributed by atoms with E-state index in [0.717, 1.165) is 27.8 Å². The lowest BCUT2D eigenvalue weighted by Crippen LogP contribution is -2.47. The van der Waals surface area contributed by atoms with Crippen molar-refractivity contribution in [3.05, 3.63) is 142 Å². The van der Waals surface area contributed by atoms with E-state index in [2.05, 4.69) is 49.0 Å². The molecule has 1 aliphatic heterocycles. The van der Waals surface area contributed by atoms with E-state index >= 15 is 8.60 Å². The highest BCUT2D eigenvalue weighted by molar-refractivity contribution is 7.92. The molecule has 0 fully saturated rings. The first kappa shape index (κ1) is 37.2. The quantitative estimate of drug-likeness (QED) is 0.109. The minimum absolute atomic E-state index is 0.00639. The molecule has 2 unspecified atom stereocenters. The Balaban J connectivity index is 1.29. The molecule has 9 nitrogen and oxygen atoms in total. The Labute approximate surface area is 324 Å². The Morgan fingerprint density at radius 3 is 1.84 bits per heavy atom. The normalized spacial score (nSPS) is 18.4. The molecule has 0 bridgehead atoms. The maximum atomic E-state index is 16.2. The van der Waals surface area contributed by atoms with E-state index < -0.39 is 35.4 Å². The van der Waals surface area contributed by atoms with Crippen LogP contribution in [0.5, 0.6) is 5.88 Å². The van der Waals surface area contributed by atoms with Gasteiger partial charge in [0.05, 0.1) is 19.3 Å². The first-order chi connectivity index (χ1) is 26.1. The van der Waals surface area contributed by atoms with Gasteiger partial charge in [-0.1, -0.05) is 112 Å². The molecule has 2 aliphatic carbocycles. The molecule has 2 heterocycles. The molecule has 2 N–H and O–H groups in total. The van der Waals surface area contributed by atoms with Gasteiger partial charge in [0, 0.05) is 5.69 Å². The summed E-state index contributed by atoms with van der Waals surface area (Å²) in [6, 6.07) is 28.3. The third-order valence-corrected chi connectivity index (χ3v) is 18.2. The number of urea groups is 1. The number of fused-ring (bicyclic) bond motifs is 3. The van der Waals surface area contributed by atoms with Crippen LogP contribution in [0.15, 0.2) is 106 Å². The Hall–Kier alpha value is -4.78. The fraction of sp³-hybridized carbons (Fsp3) is 0.349. The van der Waals surface area contributed by atoms with Crippen LogP contribution in [0.4, 0.5) is 14.9 Å². The van der Waals surface area contributed by atoms with Crippen molar-refractivity contribution in [2.45, 2.75) is 94.1 Å². The van der Waals surface area contributed by atoms with Crippen molar-refractivity contribution in [3.63, 3.8) is 0 Å². The van der Waals surface area contributed by atoms with Gasteiger partial charge < -0.3 is 14.5 Å². The number of carbonyl (C=O) groups is 1. The van der Waals surface area contributed by atoms with E-state index in [-0.39, 0.29) is 21.6 Å². The number of hydrogen-bond acceptors (Lipinski definition) is 6. The van der Waals surface area contributed by atoms with Crippen LogP contribution in [0.1, 0.15) is 66.6 Å². The maximum absolute atomic E-state index is 16.2. The van der Waals surface area contributed by atoms with Gasteiger partial charge in [0.1, 0.15) is 21.9 Å². The maximum Gasteiger partial charge on any atom is 0.331 e. The average molecular weight is 778 g/mol. The highest BCUT2D eigenvalue weighted by Crippen LogP contribution is 2.46. The van der Waals surface area contributed by atoms with Crippen LogP contribution in [0.3, 0.4) is 0 Å². The summed E-state index contributed by atoms with van der Waals surface area (Å²) in [6.45, 7) is 13.6. The van der Waals surface area contributed by atoms with Crippen molar-refractivity contribution in [2.75, 3.05) is 11.9 Å². The second-order valence-corrected chi connectivity index (χ2v) is 23.3. The van der Waals surface area contributed by atoms with Gasteiger partial charge in [-0.15, -0.1) is 0 Å². The fourth-order valence-corrected chi connectivity index (χ4v) is 10.5. The lowest BCUT2D eigenvalue weighted by Gasteiger charge is -2.38. The molecule has 2 atom stereocenters. The van der Waals surface area contributed by atoms with Crippen LogP contribution in [0.25, 0.3) is 0 Å². The van der Waals surface area contributed by atoms with Gasteiger partial charge in [-0.2, -0.15) is 9.46 Å². The minimum Gasteiger partial charge on any atom is -0.466 e. The van der Waals surface area contributed by atoms with E-state index in [4.69, 9.17) is 13.5 Å². The van der Waals surface area contributed by atoms with Crippen LogP contribution in [-0.4, -0.2) is 40.5 Å². The summed E-state index contributed by atoms with van der Waals surface area (Å²) in [7, 11) is -6.10. The SMILES string of the molecule is CC1(CO[Si](C)(C)C(C)(C)C)Cn2ncc(S(=O)(=NC(c3ccccc3)(c3ccccc3)c3ccccc3)NC(=O)Nc3c4c(c(F)c5c3CC5)CC4)c2O1. The number of carbonyl (C=O) groups excluding carboxylic acids is 1. The summed E-state index contributed by atoms with van der Waals surface area (Å²) in [5.74, 6) is 0.104. The first-order valence-electron chi connectivity index (χ1n) is 18.9. The predicted octanol–water partition coefficient (Wildman–Crippen LogP) is 8.95. The molecule has 8 rings (SSSR count). The fourth-order valence-electron chi connectivity index (χ4n) is 7.55. The molecule has 0 saturated heterocycles. The van der Waals surface area contributed by atoms with Crippen LogP contribution >= 0.6 is 0 Å². The zero-order valence-electron chi connectivity index (χ0n) is 32.2. The lowest BCUT2D eigenvalue weighted by atomic mass is 9.76. The summed E-state index contributed by atoms with van der Waals surface area (Å²) >= 11 is 0. The molecule has 4 aromatic carbocycles. The first-order valence-corrected chi connectivity index (χ1v) is 23.3. The van der Waals surface area contributed by atoms with Gasteiger partial charge in [0.15, 0.2) is 18.2 Å². The van der Waals surface area contributed by atoms with Crippen molar-refractivity contribution < 1.29 is 22.6 Å². The molecule has 0 radical (unpaired) electrons. The summed E-state index contributed by atoms with van der Waals surface area (Å²) in [5.41, 5.74) is 3.58. The lowest BCUT2D eigenvalue weighted by molar-refractivity contribution is 0.0449. The number of hydrogen-bond donors (Lipinski definition) is 2. The molecule has 3 aliphatic rings. The van der Waals surface area contributed by atoms with Gasteiger partial charge in [0.2, 0.25) is 5.88 Å². The summed E-state index contributed by atoms with van der Waals surface area (Å²) in [4.78, 5) is 14.5. The standard InChI is InChI=1S/C43H48FN5O4SSi/c1-41(2,3)55(5,6)52-28-42(4)27-49-39(53-42)36(26-45-49)54(51,47-40(50)46-38-34-24-22-32(34)37(44)33-23-25-35(33)38)48-43(29-16-10-7-11-17-29,30-18-12-8-13-19-30)31-20-14-9-15-21-31/h7-21,26H,22-25,27-28H2,1-6H3,(H2,46,47,48,50,51). The van der Waals surface area contributed by atoms with E-state index in [1.807, 2.05) is 97.9 Å². The van der Waals surface area contributed by atoms with Gasteiger partial charge in [-0.25, -0.2) is 22.8 Å². The smallest absolute Gasteiger partial charge is 0.331 e. The second kappa shape index (κ2) is 13.5. The second-order valence-electron chi connectivity index (χ2n) is 16.7. The van der Waals surface area contributed by atoms with Crippen molar-refractivity contribution in [1.82, 2.24) is 14.5 Å². The van der Waals surface area contributed by atoms with Crippen LogP contribution in [0, 0.1) is 5.82 Å². The molecule has 1 aromatic heterocycles. The summed E-state index contributed by atoms with van der Waals surface area (Å²) in [5, 5.41) is 7.67. The molecule has 0 spiro atoms. The Morgan fingerprint density at radius 1 is 0.891 bits per heavy atom. The average Bonchev–Trinajstić information content (AvgIpc) is 3.66. The number of halogens is 1. The molecule has 0 saturated carbocycles. The number of nitrogens with zero attached hydrogens (tertiary/aromatic N) is 3. The van der Waals surface area contributed by atoms with Crippen LogP contribution < -0.4 is 14.8 Å². The number of anilines is 1. The van der Waals surface area contributed by atoms with Gasteiger partial charge in [0.25, 0.3) is 0 Å². The molecule has 2 amide bonds. The largest absolute Gasteiger partial charge is 0.466 e. The number of ether oxygens (including phenoxy) is 1. The number of benzene rings is 4.